The highest BCUT2D eigenvalue weighted by molar-refractivity contribution is 5.78. The fraction of sp³-hybridized carbons (Fsp3) is 0.333. The molecule has 2 aromatic carbocycles. The summed E-state index contributed by atoms with van der Waals surface area (Å²) >= 11 is 0. The summed E-state index contributed by atoms with van der Waals surface area (Å²) in [5, 5.41) is 10.9. The third-order valence-electron chi connectivity index (χ3n) is 5.81. The average molecular weight is 422 g/mol. The largest absolute Gasteiger partial charge is 0.493 e. The number of methoxy groups -OCH3 is 3. The topological polar surface area (TPSA) is 81.1 Å². The molecule has 31 heavy (non-hydrogen) atoms. The van der Waals surface area contributed by atoms with Crippen LogP contribution in [0.1, 0.15) is 30.1 Å². The summed E-state index contributed by atoms with van der Waals surface area (Å²) in [5.74, 6) is 0.716. The van der Waals surface area contributed by atoms with Crippen LogP contribution in [0.15, 0.2) is 48.5 Å². The molecule has 0 aliphatic carbocycles. The van der Waals surface area contributed by atoms with Crippen molar-refractivity contribution in [3.63, 3.8) is 0 Å². The Kier molecular flexibility index (Phi) is 5.95. The summed E-state index contributed by atoms with van der Waals surface area (Å²) in [5.41, 5.74) is 2.48. The van der Waals surface area contributed by atoms with Crippen molar-refractivity contribution in [3.05, 3.63) is 59.8 Å². The number of hydrogen-bond acceptors (Lipinski definition) is 6. The number of aromatic nitrogens is 1. The van der Waals surface area contributed by atoms with Gasteiger partial charge in [-0.1, -0.05) is 24.3 Å². The summed E-state index contributed by atoms with van der Waals surface area (Å²) in [6.45, 7) is 0.660. The maximum Gasteiger partial charge on any atom is 0.320 e. The van der Waals surface area contributed by atoms with Gasteiger partial charge in [0.1, 0.15) is 6.04 Å². The van der Waals surface area contributed by atoms with E-state index in [1.165, 1.54) is 0 Å². The van der Waals surface area contributed by atoms with Crippen molar-refractivity contribution in [3.8, 4) is 17.2 Å². The first-order chi connectivity index (χ1) is 15.1. The van der Waals surface area contributed by atoms with Gasteiger partial charge in [-0.3, -0.25) is 14.7 Å². The minimum absolute atomic E-state index is 0.373. The standard InChI is InChI=1S/C24H26N2O5/c1-29-20-13-16(14-21(30-2)23(20)31-3)22(26-12-6-9-19(26)24(27)28)18-11-10-15-7-4-5-8-17(15)25-18/h4-5,7-8,10-11,13-14,19,22H,6,9,12H2,1-3H3,(H,27,28). The highest BCUT2D eigenvalue weighted by Gasteiger charge is 2.38. The van der Waals surface area contributed by atoms with Gasteiger partial charge in [-0.25, -0.2) is 0 Å². The van der Waals surface area contributed by atoms with E-state index in [1.54, 1.807) is 21.3 Å². The number of fused-ring (bicyclic) bond motifs is 1. The highest BCUT2D eigenvalue weighted by Crippen LogP contribution is 2.43. The van der Waals surface area contributed by atoms with Crippen LogP contribution in [-0.4, -0.2) is 54.9 Å². The molecule has 1 aliphatic rings. The van der Waals surface area contributed by atoms with E-state index in [0.717, 1.165) is 28.6 Å². The van der Waals surface area contributed by atoms with Crippen molar-refractivity contribution in [2.24, 2.45) is 0 Å². The number of pyridine rings is 1. The molecule has 2 heterocycles. The third-order valence-corrected chi connectivity index (χ3v) is 5.81. The van der Waals surface area contributed by atoms with Crippen molar-refractivity contribution in [2.75, 3.05) is 27.9 Å². The summed E-state index contributed by atoms with van der Waals surface area (Å²) < 4.78 is 16.6. The van der Waals surface area contributed by atoms with Gasteiger partial charge in [-0.15, -0.1) is 0 Å². The molecule has 0 radical (unpaired) electrons. The van der Waals surface area contributed by atoms with Gasteiger partial charge in [-0.2, -0.15) is 0 Å². The number of likely N-dealkylation sites (tertiary alicyclic amines) is 1. The monoisotopic (exact) mass is 422 g/mol. The maximum absolute atomic E-state index is 12.0. The van der Waals surface area contributed by atoms with E-state index in [9.17, 15) is 9.90 Å². The van der Waals surface area contributed by atoms with Gasteiger partial charge in [0.2, 0.25) is 5.75 Å². The Labute approximate surface area is 181 Å². The Hall–Kier alpha value is -3.32. The van der Waals surface area contributed by atoms with Crippen LogP contribution in [-0.2, 0) is 4.79 Å². The zero-order chi connectivity index (χ0) is 22.0. The Bertz CT molecular complexity index is 1080. The summed E-state index contributed by atoms with van der Waals surface area (Å²) in [7, 11) is 4.70. The molecule has 7 nitrogen and oxygen atoms in total. The Morgan fingerprint density at radius 2 is 1.77 bits per heavy atom. The lowest BCUT2D eigenvalue weighted by molar-refractivity contribution is -0.142. The van der Waals surface area contributed by atoms with Gasteiger partial charge in [0, 0.05) is 11.9 Å². The van der Waals surface area contributed by atoms with Crippen LogP contribution in [0.3, 0.4) is 0 Å². The minimum atomic E-state index is -0.823. The first-order valence-electron chi connectivity index (χ1n) is 10.2. The zero-order valence-electron chi connectivity index (χ0n) is 17.9. The number of ether oxygens (including phenoxy) is 3. The van der Waals surface area contributed by atoms with Crippen LogP contribution < -0.4 is 14.2 Å². The second kappa shape index (κ2) is 8.81. The molecule has 1 N–H and O–H groups in total. The fourth-order valence-electron chi connectivity index (χ4n) is 4.39. The predicted molar refractivity (Wildman–Crippen MR) is 117 cm³/mol. The number of aliphatic carboxylic acids is 1. The van der Waals surface area contributed by atoms with Gasteiger partial charge in [0.05, 0.1) is 38.6 Å². The highest BCUT2D eigenvalue weighted by atomic mass is 16.5. The lowest BCUT2D eigenvalue weighted by Gasteiger charge is -2.32. The summed E-state index contributed by atoms with van der Waals surface area (Å²) in [6, 6.07) is 14.7. The van der Waals surface area contributed by atoms with Crippen LogP contribution in [0, 0.1) is 0 Å². The zero-order valence-corrected chi connectivity index (χ0v) is 17.9. The fourth-order valence-corrected chi connectivity index (χ4v) is 4.39. The van der Waals surface area contributed by atoms with Gasteiger partial charge in [0.15, 0.2) is 11.5 Å². The molecule has 2 unspecified atom stereocenters. The molecule has 2 atom stereocenters. The second-order valence-electron chi connectivity index (χ2n) is 7.52. The first-order valence-corrected chi connectivity index (χ1v) is 10.2. The van der Waals surface area contributed by atoms with Crippen molar-refractivity contribution in [1.82, 2.24) is 9.88 Å². The molecular formula is C24H26N2O5. The van der Waals surface area contributed by atoms with Crippen LogP contribution in [0.5, 0.6) is 17.2 Å². The molecule has 0 spiro atoms. The molecule has 1 aromatic heterocycles. The molecule has 3 aromatic rings. The summed E-state index contributed by atoms with van der Waals surface area (Å²) in [6.07, 6.45) is 1.41. The van der Waals surface area contributed by atoms with E-state index in [1.807, 2.05) is 53.4 Å². The van der Waals surface area contributed by atoms with Crippen LogP contribution in [0.4, 0.5) is 0 Å². The number of carboxylic acids is 1. The number of benzene rings is 2. The number of rotatable bonds is 7. The lowest BCUT2D eigenvalue weighted by atomic mass is 9.98. The number of para-hydroxylation sites is 1. The quantitative estimate of drug-likeness (QED) is 0.618. The van der Waals surface area contributed by atoms with Gasteiger partial charge in [0.25, 0.3) is 0 Å². The van der Waals surface area contributed by atoms with Gasteiger partial charge >= 0.3 is 5.97 Å². The van der Waals surface area contributed by atoms with Gasteiger partial charge in [-0.05, 0) is 42.7 Å². The lowest BCUT2D eigenvalue weighted by Crippen LogP contribution is -2.39. The normalized spacial score (nSPS) is 17.5. The Morgan fingerprint density at radius 3 is 2.42 bits per heavy atom. The average Bonchev–Trinajstić information content (AvgIpc) is 3.28. The molecule has 0 saturated carbocycles. The van der Waals surface area contributed by atoms with Gasteiger partial charge < -0.3 is 19.3 Å². The molecule has 0 amide bonds. The number of hydrogen-bond donors (Lipinski definition) is 1. The molecule has 0 bridgehead atoms. The third kappa shape index (κ3) is 3.88. The molecule has 1 saturated heterocycles. The Morgan fingerprint density at radius 1 is 1.06 bits per heavy atom. The minimum Gasteiger partial charge on any atom is -0.493 e. The van der Waals surface area contributed by atoms with E-state index >= 15 is 0 Å². The predicted octanol–water partition coefficient (Wildman–Crippen LogP) is 3.90. The van der Waals surface area contributed by atoms with Crippen molar-refractivity contribution in [2.45, 2.75) is 24.9 Å². The van der Waals surface area contributed by atoms with Crippen LogP contribution >= 0.6 is 0 Å². The van der Waals surface area contributed by atoms with E-state index in [-0.39, 0.29) is 6.04 Å². The molecule has 1 aliphatic heterocycles. The van der Waals surface area contributed by atoms with Crippen LogP contribution in [0.25, 0.3) is 10.9 Å². The van der Waals surface area contributed by atoms with E-state index in [0.29, 0.717) is 30.2 Å². The smallest absolute Gasteiger partial charge is 0.320 e. The summed E-state index contributed by atoms with van der Waals surface area (Å²) in [4.78, 5) is 18.9. The number of carbonyl (C=O) groups is 1. The van der Waals surface area contributed by atoms with E-state index < -0.39 is 12.0 Å². The molecule has 4 rings (SSSR count). The first kappa shape index (κ1) is 20.9. The maximum atomic E-state index is 12.0. The van der Waals surface area contributed by atoms with Crippen molar-refractivity contribution in [1.29, 1.82) is 0 Å². The number of nitrogens with zero attached hydrogens (tertiary/aromatic N) is 2. The molecule has 7 heteroatoms. The van der Waals surface area contributed by atoms with Crippen LogP contribution in [0.2, 0.25) is 0 Å². The van der Waals surface area contributed by atoms with Crippen molar-refractivity contribution >= 4 is 16.9 Å². The Balaban J connectivity index is 1.91. The van der Waals surface area contributed by atoms with Crippen molar-refractivity contribution < 1.29 is 24.1 Å². The van der Waals surface area contributed by atoms with E-state index in [4.69, 9.17) is 19.2 Å². The second-order valence-corrected chi connectivity index (χ2v) is 7.52. The molecule has 1 fully saturated rings. The molecular weight excluding hydrogens is 396 g/mol. The SMILES string of the molecule is COc1cc(C(c2ccc3ccccc3n2)N2CCCC2C(=O)O)cc(OC)c1OC. The number of carboxylic acid groups (broad SMARTS) is 1. The van der Waals surface area contributed by atoms with E-state index in [2.05, 4.69) is 0 Å². The molecule has 162 valence electrons.